The van der Waals surface area contributed by atoms with Crippen molar-refractivity contribution in [2.75, 3.05) is 29.5 Å². The Morgan fingerprint density at radius 2 is 1.85 bits per heavy atom. The topological polar surface area (TPSA) is 107 Å². The van der Waals surface area contributed by atoms with Gasteiger partial charge >= 0.3 is 0 Å². The van der Waals surface area contributed by atoms with E-state index < -0.39 is 0 Å². The number of nitrogen functional groups attached to an aromatic ring is 2. The first-order chi connectivity index (χ1) is 12.4. The lowest BCUT2D eigenvalue weighted by Crippen LogP contribution is -2.48. The molecule has 1 aliphatic rings. The maximum Gasteiger partial charge on any atom is 0.158 e. The molecule has 3 rings (SSSR count). The van der Waals surface area contributed by atoms with Crippen LogP contribution in [0, 0.1) is 0 Å². The molecular formula is C18H27ClN6S. The van der Waals surface area contributed by atoms with Gasteiger partial charge in [-0.2, -0.15) is 0 Å². The minimum atomic E-state index is -0.102. The molecule has 1 fully saturated rings. The second kappa shape index (κ2) is 8.79. The number of rotatable bonds is 3. The highest BCUT2D eigenvalue weighted by atomic mass is 35.5. The van der Waals surface area contributed by atoms with Crippen molar-refractivity contribution in [2.24, 2.45) is 5.73 Å². The molecule has 0 atom stereocenters. The summed E-state index contributed by atoms with van der Waals surface area (Å²) in [7, 11) is 0. The molecule has 6 N–H and O–H groups in total. The van der Waals surface area contributed by atoms with Crippen molar-refractivity contribution in [3.63, 3.8) is 0 Å². The fourth-order valence-corrected chi connectivity index (χ4v) is 3.63. The molecule has 2 aromatic rings. The third kappa shape index (κ3) is 4.93. The number of anilines is 3. The molecule has 1 aromatic heterocycles. The molecule has 142 valence electrons. The van der Waals surface area contributed by atoms with E-state index in [2.05, 4.69) is 21.8 Å². The predicted molar refractivity (Wildman–Crippen MR) is 112 cm³/mol. The first-order valence-electron chi connectivity index (χ1n) is 8.74. The number of hydrogen-bond acceptors (Lipinski definition) is 7. The van der Waals surface area contributed by atoms with Crippen LogP contribution in [0.15, 0.2) is 34.3 Å². The van der Waals surface area contributed by atoms with Crippen LogP contribution in [0.2, 0.25) is 5.02 Å². The second-order valence-corrected chi connectivity index (χ2v) is 7.73. The average Bonchev–Trinajstić information content (AvgIpc) is 2.62. The van der Waals surface area contributed by atoms with Crippen LogP contribution in [-0.2, 0) is 0 Å². The quantitative estimate of drug-likeness (QED) is 0.679. The minimum absolute atomic E-state index is 0.102. The van der Waals surface area contributed by atoms with Crippen LogP contribution in [0.3, 0.4) is 0 Å². The number of hydrogen-bond donors (Lipinski definition) is 3. The summed E-state index contributed by atoms with van der Waals surface area (Å²) in [6.45, 7) is 7.79. The summed E-state index contributed by atoms with van der Waals surface area (Å²) in [5.41, 5.74) is 18.5. The van der Waals surface area contributed by atoms with Gasteiger partial charge in [0.25, 0.3) is 0 Å². The molecule has 8 heteroatoms. The molecule has 0 unspecified atom stereocenters. The molecule has 0 amide bonds. The van der Waals surface area contributed by atoms with E-state index in [-0.39, 0.29) is 5.54 Å². The number of piperidine rings is 1. The molecule has 0 bridgehead atoms. The number of benzene rings is 1. The summed E-state index contributed by atoms with van der Waals surface area (Å²) in [4.78, 5) is 11.9. The highest BCUT2D eigenvalue weighted by molar-refractivity contribution is 7.99. The van der Waals surface area contributed by atoms with Gasteiger partial charge in [0.15, 0.2) is 5.82 Å². The standard InChI is InChI=1S/C16H21ClN6S.C2H6/c1-16(20)5-7-23(8-6-16)12-9-21-15(14(19)22-12)24-11-4-2-3-10(18)13(11)17;1-2/h2-4,9H,5-8,18,20H2,1H3,(H2,19,22);1-2H3. The van der Waals surface area contributed by atoms with E-state index in [9.17, 15) is 0 Å². The van der Waals surface area contributed by atoms with Crippen molar-refractivity contribution in [1.29, 1.82) is 0 Å². The molecule has 1 aromatic carbocycles. The Labute approximate surface area is 164 Å². The van der Waals surface area contributed by atoms with E-state index in [1.165, 1.54) is 11.8 Å². The van der Waals surface area contributed by atoms with Gasteiger partial charge in [-0.05, 0) is 31.9 Å². The third-order valence-corrected chi connectivity index (χ3v) is 5.78. The van der Waals surface area contributed by atoms with Crippen LogP contribution >= 0.6 is 23.4 Å². The maximum atomic E-state index is 6.22. The second-order valence-electron chi connectivity index (χ2n) is 6.32. The molecule has 1 saturated heterocycles. The summed E-state index contributed by atoms with van der Waals surface area (Å²) in [6, 6.07) is 5.48. The molecule has 0 aliphatic carbocycles. The van der Waals surface area contributed by atoms with Crippen molar-refractivity contribution in [1.82, 2.24) is 9.97 Å². The van der Waals surface area contributed by atoms with Gasteiger partial charge in [-0.1, -0.05) is 43.3 Å². The zero-order chi connectivity index (χ0) is 19.3. The van der Waals surface area contributed by atoms with Crippen LogP contribution in [0.5, 0.6) is 0 Å². The average molecular weight is 395 g/mol. The maximum absolute atomic E-state index is 6.22. The molecule has 2 heterocycles. The molecule has 26 heavy (non-hydrogen) atoms. The van der Waals surface area contributed by atoms with Crippen LogP contribution in [0.25, 0.3) is 0 Å². The van der Waals surface area contributed by atoms with Gasteiger partial charge in [-0.3, -0.25) is 0 Å². The summed E-state index contributed by atoms with van der Waals surface area (Å²) >= 11 is 7.58. The molecule has 1 aliphatic heterocycles. The smallest absolute Gasteiger partial charge is 0.158 e. The number of halogens is 1. The van der Waals surface area contributed by atoms with E-state index in [1.807, 2.05) is 26.0 Å². The molecular weight excluding hydrogens is 368 g/mol. The Morgan fingerprint density at radius 1 is 1.19 bits per heavy atom. The first kappa shape index (κ1) is 20.6. The molecule has 0 radical (unpaired) electrons. The van der Waals surface area contributed by atoms with Gasteiger partial charge in [0.05, 0.1) is 16.9 Å². The van der Waals surface area contributed by atoms with Crippen LogP contribution in [0.4, 0.5) is 17.3 Å². The van der Waals surface area contributed by atoms with E-state index in [4.69, 9.17) is 28.8 Å². The van der Waals surface area contributed by atoms with Crippen molar-refractivity contribution in [2.45, 2.75) is 49.1 Å². The Balaban J connectivity index is 0.00000117. The Kier molecular flexibility index (Phi) is 6.97. The van der Waals surface area contributed by atoms with Crippen molar-refractivity contribution in [3.8, 4) is 0 Å². The van der Waals surface area contributed by atoms with E-state index in [0.717, 1.165) is 36.6 Å². The molecule has 0 saturated carbocycles. The van der Waals surface area contributed by atoms with Gasteiger partial charge in [0, 0.05) is 23.5 Å². The van der Waals surface area contributed by atoms with Gasteiger partial charge in [0.1, 0.15) is 10.8 Å². The number of aromatic nitrogens is 2. The normalized spacial score (nSPS) is 16.0. The number of nitrogens with two attached hydrogens (primary N) is 3. The summed E-state index contributed by atoms with van der Waals surface area (Å²) < 4.78 is 0. The van der Waals surface area contributed by atoms with Gasteiger partial charge in [-0.15, -0.1) is 0 Å². The van der Waals surface area contributed by atoms with Gasteiger partial charge < -0.3 is 22.1 Å². The van der Waals surface area contributed by atoms with Crippen molar-refractivity contribution in [3.05, 3.63) is 29.4 Å². The minimum Gasteiger partial charge on any atom is -0.397 e. The van der Waals surface area contributed by atoms with Gasteiger partial charge in [-0.25, -0.2) is 9.97 Å². The fraction of sp³-hybridized carbons (Fsp3) is 0.444. The van der Waals surface area contributed by atoms with Gasteiger partial charge in [0.2, 0.25) is 0 Å². The van der Waals surface area contributed by atoms with E-state index >= 15 is 0 Å². The largest absolute Gasteiger partial charge is 0.397 e. The van der Waals surface area contributed by atoms with Crippen molar-refractivity contribution < 1.29 is 0 Å². The summed E-state index contributed by atoms with van der Waals surface area (Å²) in [5, 5.41) is 1.12. The Morgan fingerprint density at radius 3 is 2.46 bits per heavy atom. The zero-order valence-corrected chi connectivity index (χ0v) is 17.1. The van der Waals surface area contributed by atoms with Crippen LogP contribution in [0.1, 0.15) is 33.6 Å². The zero-order valence-electron chi connectivity index (χ0n) is 15.5. The Hall–Kier alpha value is -1.70. The highest BCUT2D eigenvalue weighted by Crippen LogP contribution is 2.37. The van der Waals surface area contributed by atoms with E-state index in [1.54, 1.807) is 12.3 Å². The first-order valence-corrected chi connectivity index (χ1v) is 9.93. The lowest BCUT2D eigenvalue weighted by molar-refractivity contribution is 0.363. The number of nitrogens with zero attached hydrogens (tertiary/aromatic N) is 3. The molecule has 0 spiro atoms. The highest BCUT2D eigenvalue weighted by Gasteiger charge is 2.27. The fourth-order valence-electron chi connectivity index (χ4n) is 2.57. The van der Waals surface area contributed by atoms with Crippen LogP contribution in [-0.4, -0.2) is 28.6 Å². The van der Waals surface area contributed by atoms with Crippen LogP contribution < -0.4 is 22.1 Å². The Bertz CT molecular complexity index is 742. The summed E-state index contributed by atoms with van der Waals surface area (Å²) in [6.07, 6.45) is 3.59. The monoisotopic (exact) mass is 394 g/mol. The third-order valence-electron chi connectivity index (χ3n) is 4.18. The lowest BCUT2D eigenvalue weighted by Gasteiger charge is -2.37. The molecule has 6 nitrogen and oxygen atoms in total. The van der Waals surface area contributed by atoms with E-state index in [0.29, 0.717) is 21.6 Å². The SMILES string of the molecule is CC.CC1(N)CCN(c2cnc(Sc3cccc(N)c3Cl)c(N)n2)CC1. The lowest BCUT2D eigenvalue weighted by atomic mass is 9.91. The summed E-state index contributed by atoms with van der Waals surface area (Å²) in [5.74, 6) is 1.17. The van der Waals surface area contributed by atoms with Crippen molar-refractivity contribution >= 4 is 40.7 Å². The predicted octanol–water partition coefficient (Wildman–Crippen LogP) is 3.79.